The van der Waals surface area contributed by atoms with Crippen LogP contribution in [0.1, 0.15) is 44.0 Å². The summed E-state index contributed by atoms with van der Waals surface area (Å²) in [6.07, 6.45) is 7.66. The number of hydrogen-bond donors (Lipinski definition) is 1. The SMILES string of the molecule is C=Nc1c(/N=C\C)cc(N2CCOCC2)cc1O[C@H]1CC[C@@H](Nc2nc(C)cnc2C)CC1. The first-order valence-corrected chi connectivity index (χ1v) is 11.8. The number of nitrogens with one attached hydrogen (secondary N) is 1. The van der Waals surface area contributed by atoms with Gasteiger partial charge in [0.15, 0.2) is 0 Å². The molecule has 1 aliphatic heterocycles. The molecule has 0 atom stereocenters. The maximum Gasteiger partial charge on any atom is 0.149 e. The molecule has 0 radical (unpaired) electrons. The number of anilines is 2. The molecule has 1 aromatic carbocycles. The highest BCUT2D eigenvalue weighted by Gasteiger charge is 2.25. The summed E-state index contributed by atoms with van der Waals surface area (Å²) in [4.78, 5) is 20.1. The van der Waals surface area contributed by atoms with Crippen LogP contribution in [0.2, 0.25) is 0 Å². The standard InChI is InChI=1S/C25H34N6O2/c1-5-27-22-14-20(31-10-12-32-13-11-31)15-23(24(22)26-4)33-21-8-6-19(7-9-21)30-25-18(3)28-16-17(2)29-25/h5,14-16,19,21H,4,6-13H2,1-3H3,(H,29,30)/b27-5-/t19-,21+. The Labute approximate surface area is 196 Å². The Morgan fingerprint density at radius 2 is 1.94 bits per heavy atom. The first-order valence-electron chi connectivity index (χ1n) is 11.8. The molecule has 0 bridgehead atoms. The number of aliphatic imine (C=N–C) groups is 2. The third-order valence-electron chi connectivity index (χ3n) is 6.23. The van der Waals surface area contributed by atoms with Gasteiger partial charge in [0.25, 0.3) is 0 Å². The number of benzene rings is 1. The van der Waals surface area contributed by atoms with Gasteiger partial charge in [0.2, 0.25) is 0 Å². The maximum atomic E-state index is 6.52. The first-order chi connectivity index (χ1) is 16.1. The van der Waals surface area contributed by atoms with E-state index in [4.69, 9.17) is 9.47 Å². The summed E-state index contributed by atoms with van der Waals surface area (Å²) >= 11 is 0. The zero-order valence-electron chi connectivity index (χ0n) is 19.9. The fourth-order valence-corrected chi connectivity index (χ4v) is 4.44. The van der Waals surface area contributed by atoms with E-state index in [1.165, 1.54) is 0 Å². The van der Waals surface area contributed by atoms with Crippen LogP contribution in [0.25, 0.3) is 0 Å². The Bertz CT molecular complexity index is 995. The molecule has 8 nitrogen and oxygen atoms in total. The van der Waals surface area contributed by atoms with E-state index in [2.05, 4.69) is 49.0 Å². The van der Waals surface area contributed by atoms with E-state index in [-0.39, 0.29) is 6.10 Å². The van der Waals surface area contributed by atoms with Crippen molar-refractivity contribution in [1.82, 2.24) is 9.97 Å². The lowest BCUT2D eigenvalue weighted by Crippen LogP contribution is -2.36. The van der Waals surface area contributed by atoms with E-state index in [0.29, 0.717) is 11.7 Å². The van der Waals surface area contributed by atoms with Crippen molar-refractivity contribution in [1.29, 1.82) is 0 Å². The Morgan fingerprint density at radius 1 is 1.18 bits per heavy atom. The van der Waals surface area contributed by atoms with Crippen molar-refractivity contribution in [2.24, 2.45) is 9.98 Å². The van der Waals surface area contributed by atoms with Gasteiger partial charge in [0.1, 0.15) is 17.3 Å². The minimum absolute atomic E-state index is 0.131. The van der Waals surface area contributed by atoms with Crippen LogP contribution in [0.15, 0.2) is 28.3 Å². The topological polar surface area (TPSA) is 84.2 Å². The number of aromatic nitrogens is 2. The molecule has 33 heavy (non-hydrogen) atoms. The molecule has 1 aliphatic carbocycles. The Balaban J connectivity index is 1.46. The summed E-state index contributed by atoms with van der Waals surface area (Å²) in [7, 11) is 0. The second-order valence-electron chi connectivity index (χ2n) is 8.64. The molecule has 2 aromatic rings. The summed E-state index contributed by atoms with van der Waals surface area (Å²) in [6, 6.07) is 4.52. The highest BCUT2D eigenvalue weighted by atomic mass is 16.5. The van der Waals surface area contributed by atoms with Crippen LogP contribution in [-0.4, -0.2) is 61.3 Å². The predicted molar refractivity (Wildman–Crippen MR) is 134 cm³/mol. The number of rotatable bonds is 7. The molecule has 1 aromatic heterocycles. The molecule has 1 N–H and O–H groups in total. The van der Waals surface area contributed by atoms with Gasteiger partial charge in [0.05, 0.1) is 36.4 Å². The zero-order valence-corrected chi connectivity index (χ0v) is 19.9. The van der Waals surface area contributed by atoms with E-state index in [1.54, 1.807) is 12.4 Å². The minimum atomic E-state index is 0.131. The molecule has 0 amide bonds. The van der Waals surface area contributed by atoms with E-state index in [0.717, 1.165) is 86.3 Å². The van der Waals surface area contributed by atoms with Gasteiger partial charge >= 0.3 is 0 Å². The monoisotopic (exact) mass is 450 g/mol. The molecular weight excluding hydrogens is 416 g/mol. The van der Waals surface area contributed by atoms with E-state index < -0.39 is 0 Å². The highest BCUT2D eigenvalue weighted by molar-refractivity contribution is 5.80. The van der Waals surface area contributed by atoms with Crippen molar-refractivity contribution in [3.8, 4) is 5.75 Å². The summed E-state index contributed by atoms with van der Waals surface area (Å²) in [5.74, 6) is 1.64. The number of ether oxygens (including phenoxy) is 2. The van der Waals surface area contributed by atoms with Crippen molar-refractivity contribution < 1.29 is 9.47 Å². The maximum absolute atomic E-state index is 6.52. The van der Waals surface area contributed by atoms with Crippen LogP contribution in [0.3, 0.4) is 0 Å². The second kappa shape index (κ2) is 10.7. The number of hydrogen-bond acceptors (Lipinski definition) is 8. The van der Waals surface area contributed by atoms with Gasteiger partial charge in [-0.3, -0.25) is 15.0 Å². The zero-order chi connectivity index (χ0) is 23.2. The Kier molecular flexibility index (Phi) is 7.54. The van der Waals surface area contributed by atoms with Crippen LogP contribution in [0, 0.1) is 13.8 Å². The fourth-order valence-electron chi connectivity index (χ4n) is 4.44. The van der Waals surface area contributed by atoms with E-state index in [1.807, 2.05) is 20.8 Å². The van der Waals surface area contributed by atoms with Crippen molar-refractivity contribution in [3.63, 3.8) is 0 Å². The third-order valence-corrected chi connectivity index (χ3v) is 6.23. The number of morpholine rings is 1. The van der Waals surface area contributed by atoms with E-state index >= 15 is 0 Å². The number of nitrogens with zero attached hydrogens (tertiary/aromatic N) is 5. The van der Waals surface area contributed by atoms with Gasteiger partial charge in [-0.25, -0.2) is 4.98 Å². The lowest BCUT2D eigenvalue weighted by atomic mass is 9.93. The molecule has 0 unspecified atom stereocenters. The molecule has 2 aliphatic rings. The lowest BCUT2D eigenvalue weighted by Gasteiger charge is -2.32. The predicted octanol–water partition coefficient (Wildman–Crippen LogP) is 4.79. The van der Waals surface area contributed by atoms with Gasteiger partial charge in [-0.1, -0.05) is 0 Å². The van der Waals surface area contributed by atoms with Crippen LogP contribution < -0.4 is 15.0 Å². The van der Waals surface area contributed by atoms with Gasteiger partial charge in [-0.05, 0) is 59.2 Å². The molecule has 2 heterocycles. The largest absolute Gasteiger partial charge is 0.488 e. The van der Waals surface area contributed by atoms with Crippen LogP contribution >= 0.6 is 0 Å². The molecule has 8 heteroatoms. The van der Waals surface area contributed by atoms with Crippen molar-refractivity contribution >= 4 is 35.8 Å². The van der Waals surface area contributed by atoms with Crippen molar-refractivity contribution in [2.75, 3.05) is 36.5 Å². The average Bonchev–Trinajstić information content (AvgIpc) is 2.83. The number of aryl methyl sites for hydroxylation is 2. The fraction of sp³-hybridized carbons (Fsp3) is 0.520. The molecule has 1 saturated heterocycles. The van der Waals surface area contributed by atoms with E-state index in [9.17, 15) is 0 Å². The first kappa shape index (κ1) is 23.2. The minimum Gasteiger partial charge on any atom is -0.488 e. The summed E-state index contributed by atoms with van der Waals surface area (Å²) in [5, 5.41) is 3.58. The Hall–Kier alpha value is -3.00. The van der Waals surface area contributed by atoms with Gasteiger partial charge < -0.3 is 19.7 Å². The smallest absolute Gasteiger partial charge is 0.149 e. The Morgan fingerprint density at radius 3 is 2.64 bits per heavy atom. The van der Waals surface area contributed by atoms with Gasteiger partial charge in [-0.2, -0.15) is 0 Å². The lowest BCUT2D eigenvalue weighted by molar-refractivity contribution is 0.122. The molecule has 1 saturated carbocycles. The molecule has 2 fully saturated rings. The average molecular weight is 451 g/mol. The normalized spacial score (nSPS) is 21.2. The van der Waals surface area contributed by atoms with Gasteiger partial charge in [-0.15, -0.1) is 0 Å². The summed E-state index contributed by atoms with van der Waals surface area (Å²) in [5.41, 5.74) is 4.44. The molecule has 0 spiro atoms. The highest BCUT2D eigenvalue weighted by Crippen LogP contribution is 2.43. The second-order valence-corrected chi connectivity index (χ2v) is 8.64. The van der Waals surface area contributed by atoms with Crippen LogP contribution in [-0.2, 0) is 4.74 Å². The summed E-state index contributed by atoms with van der Waals surface area (Å²) < 4.78 is 12.0. The summed E-state index contributed by atoms with van der Waals surface area (Å²) in [6.45, 7) is 12.8. The van der Waals surface area contributed by atoms with Crippen LogP contribution in [0.5, 0.6) is 5.75 Å². The quantitative estimate of drug-likeness (QED) is 0.611. The molecule has 4 rings (SSSR count). The third kappa shape index (κ3) is 5.68. The molecular formula is C25H34N6O2. The van der Waals surface area contributed by atoms with Crippen molar-refractivity contribution in [2.45, 2.75) is 58.6 Å². The van der Waals surface area contributed by atoms with Crippen LogP contribution in [0.4, 0.5) is 22.9 Å². The van der Waals surface area contributed by atoms with Crippen molar-refractivity contribution in [3.05, 3.63) is 29.7 Å². The molecule has 176 valence electrons. The van der Waals surface area contributed by atoms with Gasteiger partial charge in [0, 0.05) is 43.3 Å².